The fourth-order valence-electron chi connectivity index (χ4n) is 2.45. The van der Waals surface area contributed by atoms with Gasteiger partial charge in [-0.3, -0.25) is 9.48 Å². The summed E-state index contributed by atoms with van der Waals surface area (Å²) >= 11 is 0. The number of aromatic nitrogens is 2. The quantitative estimate of drug-likeness (QED) is 0.825. The summed E-state index contributed by atoms with van der Waals surface area (Å²) in [5.41, 5.74) is 2.25. The van der Waals surface area contributed by atoms with Crippen molar-refractivity contribution in [2.45, 2.75) is 25.2 Å². The molecule has 0 spiro atoms. The second-order valence-corrected chi connectivity index (χ2v) is 7.84. The van der Waals surface area contributed by atoms with E-state index in [9.17, 15) is 18.0 Å². The lowest BCUT2D eigenvalue weighted by atomic mass is 10.1. The molecule has 0 aliphatic carbocycles. The molecule has 0 aliphatic rings. The van der Waals surface area contributed by atoms with Crippen molar-refractivity contribution in [3.8, 4) is 0 Å². The van der Waals surface area contributed by atoms with Gasteiger partial charge in [0, 0.05) is 30.2 Å². The number of rotatable bonds is 5. The number of nitrogens with zero attached hydrogens (tertiary/aromatic N) is 2. The van der Waals surface area contributed by atoms with Crippen LogP contribution in [-0.2, 0) is 28.1 Å². The maximum Gasteiger partial charge on any atom is 0.335 e. The molecule has 1 aromatic carbocycles. The normalized spacial score (nSPS) is 11.4. The summed E-state index contributed by atoms with van der Waals surface area (Å²) in [5, 5.41) is 15.9. The second-order valence-electron chi connectivity index (χ2n) is 5.82. The Balaban J connectivity index is 2.31. The number of sulfone groups is 1. The SMILES string of the molecule is Cc1nn(C)c(C)c1CC(=O)Nc1cc(C(=O)O)cc(S(C)(=O)=O)c1. The van der Waals surface area contributed by atoms with E-state index in [2.05, 4.69) is 10.4 Å². The van der Waals surface area contributed by atoms with E-state index in [1.807, 2.05) is 6.92 Å². The topological polar surface area (TPSA) is 118 Å². The van der Waals surface area contributed by atoms with E-state index < -0.39 is 15.8 Å². The number of hydrogen-bond donors (Lipinski definition) is 2. The summed E-state index contributed by atoms with van der Waals surface area (Å²) in [5.74, 6) is -1.67. The van der Waals surface area contributed by atoms with Crippen LogP contribution in [0.4, 0.5) is 5.69 Å². The van der Waals surface area contributed by atoms with Crippen molar-refractivity contribution in [1.82, 2.24) is 9.78 Å². The van der Waals surface area contributed by atoms with E-state index >= 15 is 0 Å². The van der Waals surface area contributed by atoms with Gasteiger partial charge >= 0.3 is 5.97 Å². The maximum atomic E-state index is 12.3. The van der Waals surface area contributed by atoms with Gasteiger partial charge in [-0.25, -0.2) is 13.2 Å². The molecule has 0 saturated heterocycles. The molecule has 0 radical (unpaired) electrons. The Bertz CT molecular complexity index is 960. The van der Waals surface area contributed by atoms with Crippen LogP contribution >= 0.6 is 0 Å². The second kappa shape index (κ2) is 6.67. The number of hydrogen-bond acceptors (Lipinski definition) is 5. The minimum absolute atomic E-state index is 0.0526. The van der Waals surface area contributed by atoms with E-state index in [0.717, 1.165) is 29.3 Å². The van der Waals surface area contributed by atoms with Crippen LogP contribution < -0.4 is 5.32 Å². The summed E-state index contributed by atoms with van der Waals surface area (Å²) in [6.07, 6.45) is 1.03. The zero-order chi connectivity index (χ0) is 18.9. The van der Waals surface area contributed by atoms with Crippen molar-refractivity contribution in [1.29, 1.82) is 0 Å². The van der Waals surface area contributed by atoms with Gasteiger partial charge in [-0.05, 0) is 32.0 Å². The number of carbonyl (C=O) groups is 2. The Kier molecular flexibility index (Phi) is 4.98. The Labute approximate surface area is 145 Å². The lowest BCUT2D eigenvalue weighted by Crippen LogP contribution is -2.16. The molecule has 2 N–H and O–H groups in total. The summed E-state index contributed by atoms with van der Waals surface area (Å²) < 4.78 is 25.1. The van der Waals surface area contributed by atoms with Crippen molar-refractivity contribution in [2.24, 2.45) is 7.05 Å². The minimum Gasteiger partial charge on any atom is -0.478 e. The number of benzene rings is 1. The van der Waals surface area contributed by atoms with Crippen LogP contribution in [0.25, 0.3) is 0 Å². The standard InChI is InChI=1S/C16H19N3O5S/c1-9-14(10(2)19(3)18-9)8-15(20)17-12-5-11(16(21)22)6-13(7-12)25(4,23)24/h5-7H,8H2,1-4H3,(H,17,20)(H,21,22). The van der Waals surface area contributed by atoms with E-state index in [1.165, 1.54) is 12.1 Å². The third kappa shape index (κ3) is 4.24. The predicted octanol–water partition coefficient (Wildman–Crippen LogP) is 1.32. The molecule has 0 bridgehead atoms. The molecule has 1 aromatic heterocycles. The first kappa shape index (κ1) is 18.7. The average molecular weight is 365 g/mol. The molecule has 0 saturated carbocycles. The molecule has 25 heavy (non-hydrogen) atoms. The lowest BCUT2D eigenvalue weighted by Gasteiger charge is -2.09. The van der Waals surface area contributed by atoms with Gasteiger partial charge in [-0.15, -0.1) is 0 Å². The van der Waals surface area contributed by atoms with Crippen molar-refractivity contribution in [3.63, 3.8) is 0 Å². The molecule has 0 unspecified atom stereocenters. The van der Waals surface area contributed by atoms with E-state index in [-0.39, 0.29) is 28.5 Å². The third-order valence-electron chi connectivity index (χ3n) is 3.86. The van der Waals surface area contributed by atoms with Crippen LogP contribution in [0, 0.1) is 13.8 Å². The monoisotopic (exact) mass is 365 g/mol. The van der Waals surface area contributed by atoms with Gasteiger partial charge in [-0.2, -0.15) is 5.10 Å². The number of carbonyl (C=O) groups excluding carboxylic acids is 1. The fraction of sp³-hybridized carbons (Fsp3) is 0.312. The number of carboxylic acid groups (broad SMARTS) is 1. The predicted molar refractivity (Wildman–Crippen MR) is 91.5 cm³/mol. The molecule has 8 nitrogen and oxygen atoms in total. The van der Waals surface area contributed by atoms with Crippen molar-refractivity contribution >= 4 is 27.4 Å². The Hall–Kier alpha value is -2.68. The van der Waals surface area contributed by atoms with Gasteiger partial charge in [0.2, 0.25) is 5.91 Å². The minimum atomic E-state index is -3.61. The highest BCUT2D eigenvalue weighted by molar-refractivity contribution is 7.90. The number of aryl methyl sites for hydroxylation is 2. The molecular formula is C16H19N3O5S. The average Bonchev–Trinajstić information content (AvgIpc) is 2.72. The lowest BCUT2D eigenvalue weighted by molar-refractivity contribution is -0.115. The van der Waals surface area contributed by atoms with Crippen LogP contribution in [0.2, 0.25) is 0 Å². The number of aromatic carboxylic acids is 1. The summed E-state index contributed by atoms with van der Waals surface area (Å²) in [6.45, 7) is 3.64. The number of amides is 1. The highest BCUT2D eigenvalue weighted by Crippen LogP contribution is 2.20. The Morgan fingerprint density at radius 3 is 2.36 bits per heavy atom. The molecular weight excluding hydrogens is 346 g/mol. The first-order valence-corrected chi connectivity index (χ1v) is 9.25. The van der Waals surface area contributed by atoms with Crippen LogP contribution in [0.5, 0.6) is 0 Å². The van der Waals surface area contributed by atoms with Crippen LogP contribution in [0.15, 0.2) is 23.1 Å². The fourth-order valence-corrected chi connectivity index (χ4v) is 3.13. The molecule has 1 heterocycles. The van der Waals surface area contributed by atoms with Crippen molar-refractivity contribution in [3.05, 3.63) is 40.7 Å². The van der Waals surface area contributed by atoms with Gasteiger partial charge in [-0.1, -0.05) is 0 Å². The number of carboxylic acids is 1. The van der Waals surface area contributed by atoms with Crippen LogP contribution in [0.1, 0.15) is 27.3 Å². The van der Waals surface area contributed by atoms with E-state index in [0.29, 0.717) is 0 Å². The summed E-state index contributed by atoms with van der Waals surface area (Å²) in [4.78, 5) is 23.3. The van der Waals surface area contributed by atoms with Gasteiger partial charge < -0.3 is 10.4 Å². The zero-order valence-electron chi connectivity index (χ0n) is 14.3. The number of anilines is 1. The first-order chi connectivity index (χ1) is 11.5. The van der Waals surface area contributed by atoms with Gasteiger partial charge in [0.15, 0.2) is 9.84 Å². The highest BCUT2D eigenvalue weighted by atomic mass is 32.2. The molecule has 1 amide bonds. The molecule has 2 rings (SSSR count). The largest absolute Gasteiger partial charge is 0.478 e. The number of nitrogens with one attached hydrogen (secondary N) is 1. The van der Waals surface area contributed by atoms with E-state index in [1.54, 1.807) is 18.7 Å². The van der Waals surface area contributed by atoms with Crippen molar-refractivity contribution < 1.29 is 23.1 Å². The highest BCUT2D eigenvalue weighted by Gasteiger charge is 2.17. The van der Waals surface area contributed by atoms with Gasteiger partial charge in [0.1, 0.15) is 0 Å². The van der Waals surface area contributed by atoms with E-state index in [4.69, 9.17) is 5.11 Å². The molecule has 134 valence electrons. The maximum absolute atomic E-state index is 12.3. The molecule has 9 heteroatoms. The molecule has 0 fully saturated rings. The first-order valence-electron chi connectivity index (χ1n) is 7.36. The van der Waals surface area contributed by atoms with Crippen molar-refractivity contribution in [2.75, 3.05) is 11.6 Å². The summed E-state index contributed by atoms with van der Waals surface area (Å²) in [6, 6.07) is 3.52. The van der Waals surface area contributed by atoms with Crippen LogP contribution in [-0.4, -0.2) is 41.4 Å². The smallest absolute Gasteiger partial charge is 0.335 e. The van der Waals surface area contributed by atoms with Crippen LogP contribution in [0.3, 0.4) is 0 Å². The molecule has 0 aliphatic heterocycles. The Morgan fingerprint density at radius 1 is 1.24 bits per heavy atom. The van der Waals surface area contributed by atoms with Gasteiger partial charge in [0.05, 0.1) is 22.6 Å². The summed E-state index contributed by atoms with van der Waals surface area (Å²) in [7, 11) is -1.84. The molecule has 2 aromatic rings. The third-order valence-corrected chi connectivity index (χ3v) is 4.95. The molecule has 0 atom stereocenters. The van der Waals surface area contributed by atoms with Gasteiger partial charge in [0.25, 0.3) is 0 Å². The Morgan fingerprint density at radius 2 is 1.88 bits per heavy atom. The zero-order valence-corrected chi connectivity index (χ0v) is 15.1.